The number of carbonyl (C=O) groups is 1. The average molecular weight is 598 g/mol. The lowest BCUT2D eigenvalue weighted by molar-refractivity contribution is 0.160. The smallest absolute Gasteiger partial charge is 0.317 e. The molecule has 2 aliphatic carbocycles. The Morgan fingerprint density at radius 2 is 1.77 bits per heavy atom. The zero-order chi connectivity index (χ0) is 32.1. The van der Waals surface area contributed by atoms with E-state index in [4.69, 9.17) is 4.98 Å². The third kappa shape index (κ3) is 9.68. The van der Waals surface area contributed by atoms with Crippen LogP contribution in [0.25, 0.3) is 11.6 Å². The number of carbonyl (C=O) groups excluding carboxylic acids is 1. The Balaban J connectivity index is 0.000000688. The maximum Gasteiger partial charge on any atom is 0.317 e. The van der Waals surface area contributed by atoms with Gasteiger partial charge >= 0.3 is 6.03 Å². The summed E-state index contributed by atoms with van der Waals surface area (Å²) in [7, 11) is 0. The molecule has 1 saturated heterocycles. The number of fused-ring (bicyclic) bond motifs is 2. The van der Waals surface area contributed by atoms with Gasteiger partial charge in [0.1, 0.15) is 0 Å². The van der Waals surface area contributed by atoms with E-state index in [9.17, 15) is 4.79 Å². The second kappa shape index (κ2) is 18.0. The number of hydrogen-bond acceptors (Lipinski definition) is 2. The number of pyridine rings is 1. The predicted octanol–water partition coefficient (Wildman–Crippen LogP) is 10.7. The van der Waals surface area contributed by atoms with E-state index >= 15 is 0 Å². The number of allylic oxidation sites excluding steroid dienone is 4. The number of benzene rings is 1. The van der Waals surface area contributed by atoms with Gasteiger partial charge in [-0.05, 0) is 106 Å². The highest BCUT2D eigenvalue weighted by atomic mass is 16.2. The van der Waals surface area contributed by atoms with Crippen LogP contribution in [0.2, 0.25) is 0 Å². The van der Waals surface area contributed by atoms with E-state index < -0.39 is 0 Å². The van der Waals surface area contributed by atoms with Crippen LogP contribution in [-0.4, -0.2) is 35.0 Å². The lowest BCUT2D eigenvalue weighted by Crippen LogP contribution is -2.48. The molecule has 5 rings (SSSR count). The minimum atomic E-state index is 0.140. The molecule has 2 unspecified atom stereocenters. The molecule has 2 atom stereocenters. The van der Waals surface area contributed by atoms with Gasteiger partial charge in [0.2, 0.25) is 0 Å². The van der Waals surface area contributed by atoms with Crippen molar-refractivity contribution in [2.24, 2.45) is 11.8 Å². The number of rotatable bonds is 6. The standard InChI is InChI=1S/C33H43N3O.C5H10.C2H6/c1-4-23(2)12-14-26-22-27-21-24(3)13-15-29(27)31(32-30(26)11-8-18-34-32)25-16-19-36(20-17-25)33(37)35-28-9-6-5-7-10-28;1-4-5(2)3;1-2/h4,8,11,13,15,18,21-23,25,28,31H,1,5-7,9-10,12,14,16-17,19-20H2,2-3H3,(H,35,37);4H,1-3H3;1-2H3. The third-order valence-corrected chi connectivity index (χ3v) is 9.47. The summed E-state index contributed by atoms with van der Waals surface area (Å²) in [5, 5.41) is 3.32. The summed E-state index contributed by atoms with van der Waals surface area (Å²) < 4.78 is 0. The van der Waals surface area contributed by atoms with Gasteiger partial charge in [0.15, 0.2) is 0 Å². The van der Waals surface area contributed by atoms with Gasteiger partial charge in [-0.3, -0.25) is 4.98 Å². The lowest BCUT2D eigenvalue weighted by Gasteiger charge is -2.37. The van der Waals surface area contributed by atoms with Crippen molar-refractivity contribution in [3.05, 3.63) is 88.8 Å². The fourth-order valence-corrected chi connectivity index (χ4v) is 6.59. The Kier molecular flexibility index (Phi) is 14.4. The van der Waals surface area contributed by atoms with Gasteiger partial charge in [-0.2, -0.15) is 0 Å². The molecule has 44 heavy (non-hydrogen) atoms. The molecule has 1 saturated carbocycles. The van der Waals surface area contributed by atoms with Crippen molar-refractivity contribution >= 4 is 17.7 Å². The number of urea groups is 1. The van der Waals surface area contributed by atoms with E-state index in [0.717, 1.165) is 51.6 Å². The molecular weight excluding hydrogens is 538 g/mol. The van der Waals surface area contributed by atoms with Gasteiger partial charge in [0, 0.05) is 31.2 Å². The van der Waals surface area contributed by atoms with Gasteiger partial charge in [0.05, 0.1) is 5.69 Å². The molecule has 0 spiro atoms. The van der Waals surface area contributed by atoms with E-state index in [1.807, 2.05) is 27.0 Å². The quantitative estimate of drug-likeness (QED) is 0.337. The molecule has 2 heterocycles. The minimum Gasteiger partial charge on any atom is -0.335 e. The number of amides is 2. The maximum absolute atomic E-state index is 13.0. The Labute approximate surface area is 269 Å². The Hall–Kier alpha value is -3.14. The Bertz CT molecular complexity index is 1260. The summed E-state index contributed by atoms with van der Waals surface area (Å²) in [6, 6.07) is 11.8. The summed E-state index contributed by atoms with van der Waals surface area (Å²) in [5.74, 6) is 1.20. The van der Waals surface area contributed by atoms with Crippen LogP contribution in [0.4, 0.5) is 4.79 Å². The highest BCUT2D eigenvalue weighted by molar-refractivity contribution is 5.86. The largest absolute Gasteiger partial charge is 0.335 e. The number of nitrogens with zero attached hydrogens (tertiary/aromatic N) is 2. The van der Waals surface area contributed by atoms with Gasteiger partial charge < -0.3 is 10.2 Å². The molecule has 2 amide bonds. The average Bonchev–Trinajstić information content (AvgIpc) is 3.19. The van der Waals surface area contributed by atoms with Gasteiger partial charge in [-0.1, -0.05) is 93.7 Å². The van der Waals surface area contributed by atoms with Crippen LogP contribution in [0, 0.1) is 18.8 Å². The number of aromatic nitrogens is 1. The fraction of sp³-hybridized carbons (Fsp3) is 0.550. The van der Waals surface area contributed by atoms with Crippen molar-refractivity contribution in [3.63, 3.8) is 0 Å². The molecular formula is C40H59N3O. The molecule has 2 aromatic rings. The maximum atomic E-state index is 13.0. The van der Waals surface area contributed by atoms with Crippen LogP contribution in [0.1, 0.15) is 133 Å². The molecule has 4 heteroatoms. The molecule has 1 aromatic carbocycles. The zero-order valence-corrected chi connectivity index (χ0v) is 28.8. The van der Waals surface area contributed by atoms with Crippen LogP contribution in [0.5, 0.6) is 0 Å². The Morgan fingerprint density at radius 1 is 1.09 bits per heavy atom. The first kappa shape index (κ1) is 35.3. The molecule has 3 aliphatic rings. The van der Waals surface area contributed by atoms with Crippen molar-refractivity contribution in [1.29, 1.82) is 0 Å². The first-order chi connectivity index (χ1) is 21.3. The molecule has 4 nitrogen and oxygen atoms in total. The van der Waals surface area contributed by atoms with Gasteiger partial charge in [-0.15, -0.1) is 6.58 Å². The van der Waals surface area contributed by atoms with Crippen molar-refractivity contribution < 1.29 is 4.79 Å². The van der Waals surface area contributed by atoms with E-state index in [-0.39, 0.29) is 11.9 Å². The van der Waals surface area contributed by atoms with Crippen molar-refractivity contribution in [3.8, 4) is 0 Å². The van der Waals surface area contributed by atoms with Gasteiger partial charge in [0.25, 0.3) is 0 Å². The van der Waals surface area contributed by atoms with E-state index in [2.05, 4.69) is 93.1 Å². The number of aryl methyl sites for hydroxylation is 1. The van der Waals surface area contributed by atoms with E-state index in [1.165, 1.54) is 58.4 Å². The summed E-state index contributed by atoms with van der Waals surface area (Å²) >= 11 is 0. The second-order valence-electron chi connectivity index (χ2n) is 12.9. The lowest BCUT2D eigenvalue weighted by atomic mass is 9.76. The van der Waals surface area contributed by atoms with Crippen LogP contribution >= 0.6 is 0 Å². The number of nitrogens with one attached hydrogen (secondary N) is 1. The number of likely N-dealkylation sites (tertiary alicyclic amines) is 1. The van der Waals surface area contributed by atoms with Crippen LogP contribution in [-0.2, 0) is 0 Å². The first-order valence-electron chi connectivity index (χ1n) is 17.3. The molecule has 1 aromatic heterocycles. The van der Waals surface area contributed by atoms with Crippen molar-refractivity contribution in [1.82, 2.24) is 15.2 Å². The summed E-state index contributed by atoms with van der Waals surface area (Å²) in [6.45, 7) is 20.3. The molecule has 2 fully saturated rings. The normalized spacial score (nSPS) is 18.8. The zero-order valence-electron chi connectivity index (χ0n) is 28.8. The van der Waals surface area contributed by atoms with Crippen molar-refractivity contribution in [2.75, 3.05) is 13.1 Å². The Morgan fingerprint density at radius 3 is 2.41 bits per heavy atom. The number of hydrogen-bond donors (Lipinski definition) is 1. The van der Waals surface area contributed by atoms with Crippen LogP contribution < -0.4 is 5.32 Å². The predicted molar refractivity (Wildman–Crippen MR) is 190 cm³/mol. The summed E-state index contributed by atoms with van der Waals surface area (Å²) in [5.41, 5.74) is 9.30. The molecule has 1 N–H and O–H groups in total. The molecule has 1 aliphatic heterocycles. The van der Waals surface area contributed by atoms with Crippen LogP contribution in [0.3, 0.4) is 0 Å². The van der Waals surface area contributed by atoms with Crippen LogP contribution in [0.15, 0.2) is 60.8 Å². The topological polar surface area (TPSA) is 45.2 Å². The first-order valence-corrected chi connectivity index (χ1v) is 17.3. The minimum absolute atomic E-state index is 0.140. The van der Waals surface area contributed by atoms with Crippen molar-refractivity contribution in [2.45, 2.75) is 118 Å². The molecule has 0 bridgehead atoms. The van der Waals surface area contributed by atoms with Gasteiger partial charge in [-0.25, -0.2) is 4.79 Å². The number of piperidine rings is 1. The highest BCUT2D eigenvalue weighted by Crippen LogP contribution is 2.45. The molecule has 240 valence electrons. The second-order valence-corrected chi connectivity index (χ2v) is 12.9. The monoisotopic (exact) mass is 597 g/mol. The van der Waals surface area contributed by atoms with E-state index in [1.54, 1.807) is 0 Å². The SMILES string of the molecule is C=CC(C)CCC1=Cc2cc(C)ccc2C(C2CCN(C(=O)NC3CCCCC3)CC2)c2ncccc21.CC.CC=C(C)C. The summed E-state index contributed by atoms with van der Waals surface area (Å²) in [4.78, 5) is 20.1. The van der Waals surface area contributed by atoms with E-state index in [0.29, 0.717) is 17.9 Å². The molecule has 0 radical (unpaired) electrons. The third-order valence-electron chi connectivity index (χ3n) is 9.47. The highest BCUT2D eigenvalue weighted by Gasteiger charge is 2.35. The fourth-order valence-electron chi connectivity index (χ4n) is 6.59. The summed E-state index contributed by atoms with van der Waals surface area (Å²) in [6.07, 6.45) is 18.7.